The van der Waals surface area contributed by atoms with E-state index in [2.05, 4.69) is 13.8 Å². The van der Waals surface area contributed by atoms with Crippen LogP contribution in [0.25, 0.3) is 0 Å². The van der Waals surface area contributed by atoms with E-state index < -0.39 is 5.60 Å². The van der Waals surface area contributed by atoms with Crippen molar-refractivity contribution in [3.05, 3.63) is 11.1 Å². The SMILES string of the molecule is CC1CC(=O)C2=C(CCCCCCCCC2)C1.C[C@H]1CC(=O)[C@@H]2CCCCCCCCC[C@@]2(O)C1. The highest BCUT2D eigenvalue weighted by Crippen LogP contribution is 2.41. The van der Waals surface area contributed by atoms with Gasteiger partial charge in [0.25, 0.3) is 0 Å². The molecule has 0 aromatic carbocycles. The molecule has 2 saturated carbocycles. The van der Waals surface area contributed by atoms with Crippen LogP contribution in [0.2, 0.25) is 0 Å². The normalized spacial score (nSPS) is 34.3. The molecular weight excluding hydrogens is 432 g/mol. The first-order valence-electron chi connectivity index (χ1n) is 15.4. The van der Waals surface area contributed by atoms with Crippen molar-refractivity contribution in [3.8, 4) is 0 Å². The van der Waals surface area contributed by atoms with Crippen LogP contribution in [0.4, 0.5) is 0 Å². The molecule has 200 valence electrons. The first-order valence-corrected chi connectivity index (χ1v) is 15.4. The fourth-order valence-corrected chi connectivity index (χ4v) is 7.32. The van der Waals surface area contributed by atoms with Crippen molar-refractivity contribution >= 4 is 11.6 Å². The van der Waals surface area contributed by atoms with E-state index in [1.807, 2.05) is 0 Å². The van der Waals surface area contributed by atoms with Crippen molar-refractivity contribution in [1.82, 2.24) is 0 Å². The standard InChI is InChI=1S/C16H28O2.C16H26O/c1-13-11-15(17)14-9-7-5-3-2-4-6-8-10-16(14,18)12-13;1-13-11-14-9-7-5-3-2-4-6-8-10-15(14)16(17)12-13/h13-14,18H,2-12H2,1H3;13H,2-12H2,1H3/t13-,14-,16+;/m0./s1. The number of hydrogen-bond acceptors (Lipinski definition) is 3. The average Bonchev–Trinajstić information content (AvgIpc) is 2.87. The summed E-state index contributed by atoms with van der Waals surface area (Å²) in [7, 11) is 0. The van der Waals surface area contributed by atoms with Crippen molar-refractivity contribution in [1.29, 1.82) is 0 Å². The van der Waals surface area contributed by atoms with Crippen LogP contribution in [0.1, 0.15) is 155 Å². The Morgan fingerprint density at radius 3 is 1.91 bits per heavy atom. The summed E-state index contributed by atoms with van der Waals surface area (Å²) in [6.07, 6.45) is 25.5. The largest absolute Gasteiger partial charge is 0.389 e. The quantitative estimate of drug-likeness (QED) is 0.372. The average molecular weight is 487 g/mol. The molecule has 2 fully saturated rings. The number of rotatable bonds is 0. The minimum atomic E-state index is -0.681. The third-order valence-electron chi connectivity index (χ3n) is 9.19. The Kier molecular flexibility index (Phi) is 12.0. The second-order valence-corrected chi connectivity index (χ2v) is 12.6. The van der Waals surface area contributed by atoms with Crippen LogP contribution >= 0.6 is 0 Å². The predicted octanol–water partition coefficient (Wildman–Crippen LogP) is 8.66. The smallest absolute Gasteiger partial charge is 0.159 e. The summed E-state index contributed by atoms with van der Waals surface area (Å²) < 4.78 is 0. The maximum atomic E-state index is 12.2. The molecule has 0 saturated heterocycles. The summed E-state index contributed by atoms with van der Waals surface area (Å²) in [6, 6.07) is 0. The molecule has 0 spiro atoms. The number of hydrogen-bond donors (Lipinski definition) is 1. The Hall–Kier alpha value is -0.960. The topological polar surface area (TPSA) is 54.4 Å². The Balaban J connectivity index is 0.000000196. The lowest BCUT2D eigenvalue weighted by Gasteiger charge is -2.42. The van der Waals surface area contributed by atoms with Crippen LogP contribution in [0.5, 0.6) is 0 Å². The fraction of sp³-hybridized carbons (Fsp3) is 0.875. The molecule has 1 N–H and O–H groups in total. The molecule has 4 atom stereocenters. The third-order valence-corrected chi connectivity index (χ3v) is 9.19. The minimum Gasteiger partial charge on any atom is -0.389 e. The van der Waals surface area contributed by atoms with Crippen molar-refractivity contribution in [2.45, 2.75) is 161 Å². The zero-order valence-corrected chi connectivity index (χ0v) is 23.1. The first kappa shape index (κ1) is 28.6. The number of ketones is 2. The molecule has 4 aliphatic carbocycles. The van der Waals surface area contributed by atoms with Gasteiger partial charge in [-0.2, -0.15) is 0 Å². The molecule has 4 rings (SSSR count). The Morgan fingerprint density at radius 1 is 0.657 bits per heavy atom. The number of Topliss-reactive ketones (excluding diaryl/α,β-unsaturated/α-hetero) is 2. The highest BCUT2D eigenvalue weighted by atomic mass is 16.3. The number of fused-ring (bicyclic) bond motifs is 1. The summed E-state index contributed by atoms with van der Waals surface area (Å²) in [6.45, 7) is 4.34. The van der Waals surface area contributed by atoms with Gasteiger partial charge in [0.05, 0.1) is 5.60 Å². The fourth-order valence-electron chi connectivity index (χ4n) is 7.32. The van der Waals surface area contributed by atoms with Crippen LogP contribution in [0, 0.1) is 17.8 Å². The monoisotopic (exact) mass is 486 g/mol. The molecule has 4 aliphatic rings. The highest BCUT2D eigenvalue weighted by Gasteiger charge is 2.45. The van der Waals surface area contributed by atoms with E-state index in [9.17, 15) is 14.7 Å². The van der Waals surface area contributed by atoms with Gasteiger partial charge < -0.3 is 5.11 Å². The molecule has 3 heteroatoms. The minimum absolute atomic E-state index is 0.0631. The van der Waals surface area contributed by atoms with E-state index in [1.165, 1.54) is 101 Å². The summed E-state index contributed by atoms with van der Waals surface area (Å²) in [5, 5.41) is 10.9. The maximum absolute atomic E-state index is 12.2. The summed E-state index contributed by atoms with van der Waals surface area (Å²) in [4.78, 5) is 24.4. The van der Waals surface area contributed by atoms with Gasteiger partial charge in [0, 0.05) is 18.8 Å². The zero-order chi connectivity index (χ0) is 25.1. The highest BCUT2D eigenvalue weighted by molar-refractivity contribution is 5.97. The van der Waals surface area contributed by atoms with Crippen LogP contribution < -0.4 is 0 Å². The molecule has 0 heterocycles. The third kappa shape index (κ3) is 9.13. The summed E-state index contributed by atoms with van der Waals surface area (Å²) >= 11 is 0. The van der Waals surface area contributed by atoms with E-state index in [4.69, 9.17) is 0 Å². The zero-order valence-electron chi connectivity index (χ0n) is 23.1. The molecule has 3 nitrogen and oxygen atoms in total. The van der Waals surface area contributed by atoms with Crippen molar-refractivity contribution in [2.24, 2.45) is 17.8 Å². The van der Waals surface area contributed by atoms with Crippen LogP contribution in [-0.4, -0.2) is 22.3 Å². The lowest BCUT2D eigenvalue weighted by Crippen LogP contribution is -2.48. The van der Waals surface area contributed by atoms with Gasteiger partial charge in [-0.1, -0.05) is 96.5 Å². The van der Waals surface area contributed by atoms with Crippen LogP contribution in [0.3, 0.4) is 0 Å². The lowest BCUT2D eigenvalue weighted by atomic mass is 9.67. The van der Waals surface area contributed by atoms with Crippen molar-refractivity contribution in [3.63, 3.8) is 0 Å². The Morgan fingerprint density at radius 2 is 1.23 bits per heavy atom. The van der Waals surface area contributed by atoms with E-state index in [-0.39, 0.29) is 5.92 Å². The molecule has 0 aromatic rings. The van der Waals surface area contributed by atoms with Crippen LogP contribution in [0.15, 0.2) is 11.1 Å². The molecule has 0 aromatic heterocycles. The van der Waals surface area contributed by atoms with Crippen molar-refractivity contribution < 1.29 is 14.7 Å². The number of allylic oxidation sites excluding steroid dienone is 2. The van der Waals surface area contributed by atoms with Crippen molar-refractivity contribution in [2.75, 3.05) is 0 Å². The Labute approximate surface area is 215 Å². The summed E-state index contributed by atoms with van der Waals surface area (Å²) in [5.41, 5.74) is 2.08. The van der Waals surface area contributed by atoms with E-state index in [0.29, 0.717) is 29.8 Å². The number of aliphatic hydroxyl groups is 1. The van der Waals surface area contributed by atoms with Gasteiger partial charge in [-0.15, -0.1) is 0 Å². The lowest BCUT2D eigenvalue weighted by molar-refractivity contribution is -0.143. The molecule has 0 amide bonds. The second-order valence-electron chi connectivity index (χ2n) is 12.6. The molecule has 0 bridgehead atoms. The van der Waals surface area contributed by atoms with Gasteiger partial charge >= 0.3 is 0 Å². The van der Waals surface area contributed by atoms with Gasteiger partial charge in [0.2, 0.25) is 0 Å². The molecule has 0 radical (unpaired) electrons. The van der Waals surface area contributed by atoms with E-state index >= 15 is 0 Å². The first-order chi connectivity index (χ1) is 16.9. The van der Waals surface area contributed by atoms with E-state index in [0.717, 1.165) is 44.9 Å². The van der Waals surface area contributed by atoms with Gasteiger partial charge in [0.1, 0.15) is 5.78 Å². The number of carbonyl (C=O) groups excluding carboxylic acids is 2. The van der Waals surface area contributed by atoms with Gasteiger partial charge in [-0.05, 0) is 68.8 Å². The van der Waals surface area contributed by atoms with E-state index in [1.54, 1.807) is 0 Å². The summed E-state index contributed by atoms with van der Waals surface area (Å²) in [5.74, 6) is 1.69. The molecule has 35 heavy (non-hydrogen) atoms. The van der Waals surface area contributed by atoms with Gasteiger partial charge in [0.15, 0.2) is 5.78 Å². The Bertz CT molecular complexity index is 708. The molecule has 0 aliphatic heterocycles. The number of carbonyl (C=O) groups is 2. The van der Waals surface area contributed by atoms with Crippen LogP contribution in [-0.2, 0) is 9.59 Å². The maximum Gasteiger partial charge on any atom is 0.159 e. The van der Waals surface area contributed by atoms with Gasteiger partial charge in [-0.3, -0.25) is 9.59 Å². The second kappa shape index (κ2) is 14.7. The molecular formula is C32H54O3. The predicted molar refractivity (Wildman–Crippen MR) is 145 cm³/mol. The molecule has 1 unspecified atom stereocenters. The van der Waals surface area contributed by atoms with Gasteiger partial charge in [-0.25, -0.2) is 0 Å².